The number of carbonyl (C=O) groups is 1. The molecule has 0 aliphatic carbocycles. The van der Waals surface area contributed by atoms with Crippen molar-refractivity contribution in [2.45, 2.75) is 38.3 Å². The Labute approximate surface area is 168 Å². The van der Waals surface area contributed by atoms with E-state index in [2.05, 4.69) is 10.8 Å². The largest absolute Gasteiger partial charge is 0.435 e. The van der Waals surface area contributed by atoms with E-state index in [1.54, 1.807) is 17.0 Å². The summed E-state index contributed by atoms with van der Waals surface area (Å²) in [5.74, 6) is -0.218. The highest BCUT2D eigenvalue weighted by Crippen LogP contribution is 2.49. The highest BCUT2D eigenvalue weighted by Gasteiger charge is 2.39. The van der Waals surface area contributed by atoms with Gasteiger partial charge in [-0.2, -0.15) is 14.0 Å². The summed E-state index contributed by atoms with van der Waals surface area (Å²) in [6.45, 7) is 0.407. The molecule has 2 aromatic carbocycles. The lowest BCUT2D eigenvalue weighted by molar-refractivity contribution is -0.117. The van der Waals surface area contributed by atoms with Crippen LogP contribution in [0.3, 0.4) is 0 Å². The molecule has 0 spiro atoms. The Hall–Kier alpha value is -3.14. The maximum absolute atomic E-state index is 12.6. The number of fused-ring (bicyclic) bond motifs is 1. The van der Waals surface area contributed by atoms with E-state index in [1.807, 2.05) is 36.1 Å². The van der Waals surface area contributed by atoms with E-state index in [9.17, 15) is 18.8 Å². The minimum atomic E-state index is -2.90. The molecule has 0 saturated carbocycles. The van der Waals surface area contributed by atoms with Gasteiger partial charge in [0.25, 0.3) is 0 Å². The molecule has 0 radical (unpaired) electrons. The van der Waals surface area contributed by atoms with E-state index >= 15 is 0 Å². The number of nitrogens with zero attached hydrogens (tertiary/aromatic N) is 3. The van der Waals surface area contributed by atoms with Crippen molar-refractivity contribution in [1.82, 2.24) is 0 Å². The number of hydrogen-bond acceptors (Lipinski definition) is 4. The number of alkyl halides is 2. The predicted octanol–water partition coefficient (Wildman–Crippen LogP) is 4.60. The minimum absolute atomic E-state index is 0.0810. The van der Waals surface area contributed by atoms with Gasteiger partial charge in [-0.1, -0.05) is 18.2 Å². The summed E-state index contributed by atoms with van der Waals surface area (Å²) in [5, 5.41) is 9.85. The first-order valence-electron chi connectivity index (χ1n) is 9.68. The van der Waals surface area contributed by atoms with E-state index in [-0.39, 0.29) is 17.7 Å². The topological polar surface area (TPSA) is 56.6 Å². The zero-order valence-electron chi connectivity index (χ0n) is 16.0. The number of nitriles is 1. The Kier molecular flexibility index (Phi) is 5.10. The average molecular weight is 397 g/mol. The van der Waals surface area contributed by atoms with Gasteiger partial charge in [0.1, 0.15) is 5.75 Å². The highest BCUT2D eigenvalue weighted by atomic mass is 19.3. The number of rotatable bonds is 5. The van der Waals surface area contributed by atoms with Crippen LogP contribution in [-0.2, 0) is 4.79 Å². The second-order valence-corrected chi connectivity index (χ2v) is 7.18. The van der Waals surface area contributed by atoms with Gasteiger partial charge in [-0.3, -0.25) is 4.79 Å². The molecule has 1 amide bonds. The minimum Gasteiger partial charge on any atom is -0.435 e. The number of carbonyl (C=O) groups excluding carboxylic acids is 1. The predicted molar refractivity (Wildman–Crippen MR) is 105 cm³/mol. The lowest BCUT2D eigenvalue weighted by Crippen LogP contribution is -2.27. The van der Waals surface area contributed by atoms with E-state index in [0.717, 1.165) is 35.5 Å². The van der Waals surface area contributed by atoms with E-state index in [0.29, 0.717) is 13.0 Å². The van der Waals surface area contributed by atoms with Crippen LogP contribution in [0.25, 0.3) is 0 Å². The van der Waals surface area contributed by atoms with E-state index < -0.39 is 12.5 Å². The van der Waals surface area contributed by atoms with Crippen LogP contribution in [0.15, 0.2) is 42.5 Å². The smallest absolute Gasteiger partial charge is 0.387 e. The molecule has 150 valence electrons. The molecule has 0 N–H and O–H groups in total. The van der Waals surface area contributed by atoms with Crippen LogP contribution in [0.2, 0.25) is 0 Å². The quantitative estimate of drug-likeness (QED) is 0.740. The SMILES string of the molecule is CCN1c2cc(OC(F)F)ccc2C(C#N)C1c1ccc(N2CCCC2=O)cc1. The van der Waals surface area contributed by atoms with Crippen LogP contribution in [0, 0.1) is 11.3 Å². The summed E-state index contributed by atoms with van der Waals surface area (Å²) in [6, 6.07) is 14.6. The molecular formula is C22H21F2N3O2. The van der Waals surface area contributed by atoms with Crippen molar-refractivity contribution in [3.8, 4) is 11.8 Å². The summed E-state index contributed by atoms with van der Waals surface area (Å²) in [6.07, 6.45) is 1.44. The number of benzene rings is 2. The summed E-state index contributed by atoms with van der Waals surface area (Å²) < 4.78 is 29.8. The summed E-state index contributed by atoms with van der Waals surface area (Å²) >= 11 is 0. The van der Waals surface area contributed by atoms with Crippen LogP contribution in [0.1, 0.15) is 42.9 Å². The number of halogens is 2. The Balaban J connectivity index is 1.67. The third kappa shape index (κ3) is 3.39. The molecular weight excluding hydrogens is 376 g/mol. The Morgan fingerprint density at radius 2 is 2.00 bits per heavy atom. The lowest BCUT2D eigenvalue weighted by Gasteiger charge is -2.28. The fourth-order valence-corrected chi connectivity index (χ4v) is 4.36. The average Bonchev–Trinajstić information content (AvgIpc) is 3.27. The van der Waals surface area contributed by atoms with Crippen molar-refractivity contribution in [1.29, 1.82) is 5.26 Å². The molecule has 2 heterocycles. The molecule has 5 nitrogen and oxygen atoms in total. The molecule has 2 aliphatic rings. The van der Waals surface area contributed by atoms with Crippen LogP contribution >= 0.6 is 0 Å². The first-order chi connectivity index (χ1) is 14.0. The van der Waals surface area contributed by atoms with Crippen molar-refractivity contribution in [2.24, 2.45) is 0 Å². The summed E-state index contributed by atoms with van der Waals surface area (Å²) in [4.78, 5) is 15.8. The van der Waals surface area contributed by atoms with Crippen molar-refractivity contribution in [2.75, 3.05) is 22.9 Å². The normalized spacial score (nSPS) is 20.9. The highest BCUT2D eigenvalue weighted by molar-refractivity contribution is 5.95. The van der Waals surface area contributed by atoms with Crippen molar-refractivity contribution >= 4 is 17.3 Å². The van der Waals surface area contributed by atoms with Crippen LogP contribution in [-0.4, -0.2) is 25.6 Å². The standard InChI is InChI=1S/C22H21F2N3O2/c1-2-26-19-12-16(29-22(23)24)9-10-17(19)18(13-25)21(26)14-5-7-15(8-6-14)27-11-3-4-20(27)28/h5-10,12,18,21-22H,2-4,11H2,1H3. The summed E-state index contributed by atoms with van der Waals surface area (Å²) in [7, 11) is 0. The van der Waals surface area contributed by atoms with Crippen molar-refractivity contribution in [3.63, 3.8) is 0 Å². The van der Waals surface area contributed by atoms with Gasteiger partial charge in [-0.25, -0.2) is 0 Å². The Morgan fingerprint density at radius 1 is 1.24 bits per heavy atom. The maximum Gasteiger partial charge on any atom is 0.387 e. The molecule has 0 bridgehead atoms. The van der Waals surface area contributed by atoms with Gasteiger partial charge in [0.15, 0.2) is 0 Å². The molecule has 0 aromatic heterocycles. The number of anilines is 2. The number of likely N-dealkylation sites (N-methyl/N-ethyl adjacent to an activating group) is 1. The van der Waals surface area contributed by atoms with E-state index in [4.69, 9.17) is 0 Å². The monoisotopic (exact) mass is 397 g/mol. The number of amides is 1. The molecule has 1 saturated heterocycles. The van der Waals surface area contributed by atoms with Crippen LogP contribution in [0.5, 0.6) is 5.75 Å². The molecule has 2 unspecified atom stereocenters. The van der Waals surface area contributed by atoms with E-state index in [1.165, 1.54) is 6.07 Å². The Bertz CT molecular complexity index is 956. The van der Waals surface area contributed by atoms with Gasteiger partial charge in [-0.05, 0) is 42.7 Å². The van der Waals surface area contributed by atoms with Crippen LogP contribution < -0.4 is 14.5 Å². The first-order valence-corrected chi connectivity index (χ1v) is 9.68. The number of ether oxygens (including phenoxy) is 1. The zero-order chi connectivity index (χ0) is 20.5. The third-order valence-corrected chi connectivity index (χ3v) is 5.62. The van der Waals surface area contributed by atoms with Crippen molar-refractivity contribution < 1.29 is 18.3 Å². The fraction of sp³-hybridized carbons (Fsp3) is 0.364. The number of hydrogen-bond donors (Lipinski definition) is 0. The van der Waals surface area contributed by atoms with Crippen molar-refractivity contribution in [3.05, 3.63) is 53.6 Å². The lowest BCUT2D eigenvalue weighted by atomic mass is 9.91. The van der Waals surface area contributed by atoms with Gasteiger partial charge < -0.3 is 14.5 Å². The van der Waals surface area contributed by atoms with Gasteiger partial charge in [0, 0.05) is 37.0 Å². The molecule has 1 fully saturated rings. The second kappa shape index (κ2) is 7.70. The molecule has 29 heavy (non-hydrogen) atoms. The molecule has 7 heteroatoms. The van der Waals surface area contributed by atoms with Gasteiger partial charge in [0.2, 0.25) is 5.91 Å². The fourth-order valence-electron chi connectivity index (χ4n) is 4.36. The molecule has 2 atom stereocenters. The summed E-state index contributed by atoms with van der Waals surface area (Å²) in [5.41, 5.74) is 3.35. The van der Waals surface area contributed by atoms with Crippen LogP contribution in [0.4, 0.5) is 20.2 Å². The first kappa shape index (κ1) is 19.2. The third-order valence-electron chi connectivity index (χ3n) is 5.62. The maximum atomic E-state index is 12.6. The Morgan fingerprint density at radius 3 is 2.59 bits per heavy atom. The molecule has 2 aliphatic heterocycles. The van der Waals surface area contributed by atoms with Gasteiger partial charge in [-0.15, -0.1) is 0 Å². The molecule has 2 aromatic rings. The zero-order valence-corrected chi connectivity index (χ0v) is 16.0. The molecule has 4 rings (SSSR count). The van der Waals surface area contributed by atoms with Gasteiger partial charge in [0.05, 0.1) is 18.0 Å². The van der Waals surface area contributed by atoms with Gasteiger partial charge >= 0.3 is 6.61 Å². The second-order valence-electron chi connectivity index (χ2n) is 7.18.